The van der Waals surface area contributed by atoms with E-state index in [1.165, 1.54) is 18.3 Å². The lowest BCUT2D eigenvalue weighted by molar-refractivity contribution is -0.0588. The van der Waals surface area contributed by atoms with Gasteiger partial charge in [0.15, 0.2) is 5.69 Å². The smallest absolute Gasteiger partial charge is 0.385 e. The van der Waals surface area contributed by atoms with Crippen molar-refractivity contribution in [1.29, 1.82) is 0 Å². The Hall–Kier alpha value is -3.81. The zero-order valence-corrected chi connectivity index (χ0v) is 12.6. The first kappa shape index (κ1) is 14.8. The van der Waals surface area contributed by atoms with Gasteiger partial charge >= 0.3 is 5.97 Å². The zero-order chi connectivity index (χ0) is 17.4. The van der Waals surface area contributed by atoms with Gasteiger partial charge in [-0.3, -0.25) is 14.6 Å². The average molecular weight is 335 g/mol. The summed E-state index contributed by atoms with van der Waals surface area (Å²) in [5.41, 5.74) is 0.755. The van der Waals surface area contributed by atoms with Crippen LogP contribution in [0.3, 0.4) is 0 Å². The lowest BCUT2D eigenvalue weighted by atomic mass is 10.1. The number of rotatable bonds is 3. The first-order valence-electron chi connectivity index (χ1n) is 7.21. The van der Waals surface area contributed by atoms with Crippen molar-refractivity contribution >= 4 is 17.8 Å². The molecule has 0 radical (unpaired) electrons. The number of pyridine rings is 1. The molecule has 2 aromatic heterocycles. The summed E-state index contributed by atoms with van der Waals surface area (Å²) in [6.45, 7) is 0. The summed E-state index contributed by atoms with van der Waals surface area (Å²) in [6, 6.07) is 9.61. The Labute approximate surface area is 140 Å². The van der Waals surface area contributed by atoms with Gasteiger partial charge in [-0.05, 0) is 24.3 Å². The van der Waals surface area contributed by atoms with Crippen molar-refractivity contribution in [2.75, 3.05) is 0 Å². The standard InChI is InChI=1S/C17H9N3O5/c21-15-11-5-1-2-6-12(11)16(22)20(15)25-17(23)13-9-24-14(19-13)10-4-3-7-18-8-10/h1-9H. The minimum Gasteiger partial charge on any atom is -0.444 e. The molecule has 0 spiro atoms. The molecule has 4 rings (SSSR count). The second kappa shape index (κ2) is 5.68. The molecule has 1 aromatic carbocycles. The van der Waals surface area contributed by atoms with Crippen molar-refractivity contribution in [1.82, 2.24) is 15.0 Å². The van der Waals surface area contributed by atoms with Crippen LogP contribution in [0.5, 0.6) is 0 Å². The van der Waals surface area contributed by atoms with Gasteiger partial charge in [0.2, 0.25) is 5.89 Å². The van der Waals surface area contributed by atoms with E-state index in [9.17, 15) is 14.4 Å². The van der Waals surface area contributed by atoms with Gasteiger partial charge in [0, 0.05) is 12.4 Å². The summed E-state index contributed by atoms with van der Waals surface area (Å²) >= 11 is 0. The second-order valence-electron chi connectivity index (χ2n) is 5.11. The number of amides is 2. The molecule has 0 aliphatic carbocycles. The van der Waals surface area contributed by atoms with Crippen LogP contribution in [0.1, 0.15) is 31.2 Å². The van der Waals surface area contributed by atoms with Crippen LogP contribution < -0.4 is 0 Å². The van der Waals surface area contributed by atoms with E-state index >= 15 is 0 Å². The van der Waals surface area contributed by atoms with Gasteiger partial charge in [-0.1, -0.05) is 17.2 Å². The monoisotopic (exact) mass is 335 g/mol. The molecule has 2 amide bonds. The second-order valence-corrected chi connectivity index (χ2v) is 5.11. The number of fused-ring (bicyclic) bond motifs is 1. The summed E-state index contributed by atoms with van der Waals surface area (Å²) < 4.78 is 5.21. The Morgan fingerprint density at radius 1 is 1.04 bits per heavy atom. The van der Waals surface area contributed by atoms with Crippen LogP contribution in [-0.2, 0) is 4.84 Å². The first-order chi connectivity index (χ1) is 12.1. The predicted molar refractivity (Wildman–Crippen MR) is 82.1 cm³/mol. The summed E-state index contributed by atoms with van der Waals surface area (Å²) in [5.74, 6) is -2.22. The quantitative estimate of drug-likeness (QED) is 0.675. The van der Waals surface area contributed by atoms with Crippen molar-refractivity contribution in [3.63, 3.8) is 0 Å². The minimum atomic E-state index is -0.978. The van der Waals surface area contributed by atoms with E-state index in [1.807, 2.05) is 0 Å². The van der Waals surface area contributed by atoms with Gasteiger partial charge in [0.1, 0.15) is 6.26 Å². The fourth-order valence-corrected chi connectivity index (χ4v) is 2.37. The molecule has 0 saturated carbocycles. The van der Waals surface area contributed by atoms with Crippen molar-refractivity contribution < 1.29 is 23.6 Å². The maximum atomic E-state index is 12.2. The molecule has 0 atom stereocenters. The summed E-state index contributed by atoms with van der Waals surface area (Å²) in [6.07, 6.45) is 4.19. The van der Waals surface area contributed by atoms with Gasteiger partial charge in [-0.25, -0.2) is 9.78 Å². The molecule has 0 unspecified atom stereocenters. The molecule has 0 bridgehead atoms. The number of benzene rings is 1. The number of carbonyl (C=O) groups excluding carboxylic acids is 3. The van der Waals surface area contributed by atoms with E-state index in [1.54, 1.807) is 30.5 Å². The van der Waals surface area contributed by atoms with Crippen LogP contribution in [0.15, 0.2) is 59.5 Å². The Morgan fingerprint density at radius 3 is 2.40 bits per heavy atom. The maximum Gasteiger partial charge on any atom is 0.385 e. The van der Waals surface area contributed by atoms with E-state index in [4.69, 9.17) is 9.25 Å². The first-order valence-corrected chi connectivity index (χ1v) is 7.21. The van der Waals surface area contributed by atoms with Gasteiger partial charge in [0.25, 0.3) is 11.8 Å². The zero-order valence-electron chi connectivity index (χ0n) is 12.6. The van der Waals surface area contributed by atoms with E-state index < -0.39 is 17.8 Å². The molecule has 3 aromatic rings. The number of carbonyl (C=O) groups is 3. The number of nitrogens with zero attached hydrogens (tertiary/aromatic N) is 3. The molecule has 8 nitrogen and oxygen atoms in total. The van der Waals surface area contributed by atoms with Crippen LogP contribution in [0.25, 0.3) is 11.5 Å². The highest BCUT2D eigenvalue weighted by atomic mass is 16.7. The van der Waals surface area contributed by atoms with Crippen LogP contribution in [-0.4, -0.2) is 32.8 Å². The van der Waals surface area contributed by atoms with Gasteiger partial charge in [-0.2, -0.15) is 0 Å². The highest BCUT2D eigenvalue weighted by molar-refractivity contribution is 6.21. The fourth-order valence-electron chi connectivity index (χ4n) is 2.37. The molecule has 1 aliphatic heterocycles. The Bertz CT molecular complexity index is 961. The van der Waals surface area contributed by atoms with Gasteiger partial charge < -0.3 is 9.25 Å². The highest BCUT2D eigenvalue weighted by Gasteiger charge is 2.39. The van der Waals surface area contributed by atoms with E-state index in [0.717, 1.165) is 6.26 Å². The van der Waals surface area contributed by atoms with Crippen LogP contribution in [0.4, 0.5) is 0 Å². The van der Waals surface area contributed by atoms with Crippen molar-refractivity contribution in [3.05, 3.63) is 71.9 Å². The molecule has 122 valence electrons. The third-order valence-corrected chi connectivity index (χ3v) is 3.55. The maximum absolute atomic E-state index is 12.2. The summed E-state index contributed by atoms with van der Waals surface area (Å²) in [5, 5.41) is 0.422. The number of aromatic nitrogens is 2. The lowest BCUT2D eigenvalue weighted by Gasteiger charge is -2.11. The molecular formula is C17H9N3O5. The molecular weight excluding hydrogens is 326 g/mol. The van der Waals surface area contributed by atoms with Crippen molar-refractivity contribution in [3.8, 4) is 11.5 Å². The number of oxazole rings is 1. The lowest BCUT2D eigenvalue weighted by Crippen LogP contribution is -2.32. The number of imide groups is 1. The Kier molecular flexibility index (Phi) is 3.35. The summed E-state index contributed by atoms with van der Waals surface area (Å²) in [7, 11) is 0. The van der Waals surface area contributed by atoms with E-state index in [2.05, 4.69) is 9.97 Å². The molecule has 25 heavy (non-hydrogen) atoms. The molecule has 0 fully saturated rings. The largest absolute Gasteiger partial charge is 0.444 e. The Morgan fingerprint density at radius 2 is 1.76 bits per heavy atom. The molecule has 0 saturated heterocycles. The third-order valence-electron chi connectivity index (χ3n) is 3.55. The molecule has 3 heterocycles. The average Bonchev–Trinajstić information content (AvgIpc) is 3.23. The topological polar surface area (TPSA) is 103 Å². The normalized spacial score (nSPS) is 13.0. The van der Waals surface area contributed by atoms with Crippen molar-refractivity contribution in [2.24, 2.45) is 0 Å². The minimum absolute atomic E-state index is 0.169. The number of hydrogen-bond acceptors (Lipinski definition) is 7. The number of hydroxylamine groups is 2. The van der Waals surface area contributed by atoms with Crippen LogP contribution in [0.2, 0.25) is 0 Å². The predicted octanol–water partition coefficient (Wildman–Crippen LogP) is 2.10. The fraction of sp³-hybridized carbons (Fsp3) is 0. The van der Waals surface area contributed by atoms with Crippen LogP contribution in [0, 0.1) is 0 Å². The van der Waals surface area contributed by atoms with Crippen LogP contribution >= 0.6 is 0 Å². The molecule has 0 N–H and O–H groups in total. The van der Waals surface area contributed by atoms with Crippen molar-refractivity contribution in [2.45, 2.75) is 0 Å². The summed E-state index contributed by atoms with van der Waals surface area (Å²) in [4.78, 5) is 49.4. The SMILES string of the molecule is O=C(ON1C(=O)c2ccccc2C1=O)c1coc(-c2cccnc2)n1. The molecule has 8 heteroatoms. The number of hydrogen-bond donors (Lipinski definition) is 0. The third kappa shape index (κ3) is 2.45. The van der Waals surface area contributed by atoms with Gasteiger partial charge in [0.05, 0.1) is 16.7 Å². The molecule has 1 aliphatic rings. The Balaban J connectivity index is 1.55. The van der Waals surface area contributed by atoms with E-state index in [0.29, 0.717) is 10.6 Å². The van der Waals surface area contributed by atoms with Gasteiger partial charge in [-0.15, -0.1) is 0 Å². The highest BCUT2D eigenvalue weighted by Crippen LogP contribution is 2.24. The van der Waals surface area contributed by atoms with E-state index in [-0.39, 0.29) is 22.7 Å².